The molecular weight excluding hydrogens is 344 g/mol. The first kappa shape index (κ1) is 15.7. The van der Waals surface area contributed by atoms with Crippen molar-refractivity contribution in [3.63, 3.8) is 0 Å². The number of rotatable bonds is 4. The van der Waals surface area contributed by atoms with Gasteiger partial charge in [0, 0.05) is 18.8 Å². The molecule has 2 aliphatic rings. The Kier molecular flexibility index (Phi) is 4.32. The van der Waals surface area contributed by atoms with E-state index in [-0.39, 0.29) is 18.4 Å². The molecule has 8 heteroatoms. The summed E-state index contributed by atoms with van der Waals surface area (Å²) in [5.74, 6) is 0.941. The van der Waals surface area contributed by atoms with Gasteiger partial charge >= 0.3 is 0 Å². The normalized spacial score (nSPS) is 17.9. The first-order valence-corrected chi connectivity index (χ1v) is 9.97. The number of hydrogen-bond donors (Lipinski definition) is 1. The zero-order chi connectivity index (χ0) is 16.5. The highest BCUT2D eigenvalue weighted by atomic mass is 32.2. The maximum absolute atomic E-state index is 12.1. The Morgan fingerprint density at radius 2 is 2.12 bits per heavy atom. The lowest BCUT2D eigenvalue weighted by Gasteiger charge is -2.14. The molecule has 0 atom stereocenters. The number of fused-ring (bicyclic) bond motifs is 1. The molecule has 126 valence electrons. The smallest absolute Gasteiger partial charge is 0.244 e. The fourth-order valence-corrected chi connectivity index (χ4v) is 4.91. The van der Waals surface area contributed by atoms with E-state index in [1.165, 1.54) is 12.8 Å². The monoisotopic (exact) mass is 362 g/mol. The van der Waals surface area contributed by atoms with Crippen LogP contribution in [-0.4, -0.2) is 53.0 Å². The summed E-state index contributed by atoms with van der Waals surface area (Å²) in [4.78, 5) is 32.3. The molecule has 2 amide bonds. The Morgan fingerprint density at radius 1 is 1.29 bits per heavy atom. The van der Waals surface area contributed by atoms with Crippen molar-refractivity contribution in [3.05, 3.63) is 18.2 Å². The average molecular weight is 362 g/mol. The van der Waals surface area contributed by atoms with Crippen molar-refractivity contribution >= 4 is 55.9 Å². The maximum Gasteiger partial charge on any atom is 0.244 e. The molecule has 0 saturated carbocycles. The van der Waals surface area contributed by atoms with E-state index < -0.39 is 0 Å². The van der Waals surface area contributed by atoms with Gasteiger partial charge in [-0.05, 0) is 31.0 Å². The largest absolute Gasteiger partial charge is 0.348 e. The zero-order valence-electron chi connectivity index (χ0n) is 13.2. The third-order valence-electron chi connectivity index (χ3n) is 4.20. The standard InChI is InChI=1S/C16H18N4O2S2/c21-14(8-20-10-23-9-15(20)22)17-11-3-4-12-13(7-11)24-16(18-12)19-5-1-2-6-19/h3-4,7H,1-2,5-6,8-10H2,(H,17,21). The fourth-order valence-electron chi connectivity index (χ4n) is 2.95. The van der Waals surface area contributed by atoms with Crippen molar-refractivity contribution in [2.24, 2.45) is 0 Å². The highest BCUT2D eigenvalue weighted by Gasteiger charge is 2.23. The van der Waals surface area contributed by atoms with Gasteiger partial charge in [0.1, 0.15) is 6.54 Å². The van der Waals surface area contributed by atoms with Crippen molar-refractivity contribution in [1.82, 2.24) is 9.88 Å². The number of thiazole rings is 1. The predicted octanol–water partition coefficient (Wildman–Crippen LogP) is 2.37. The molecule has 0 bridgehead atoms. The van der Waals surface area contributed by atoms with E-state index in [4.69, 9.17) is 0 Å². The molecule has 1 aromatic carbocycles. The topological polar surface area (TPSA) is 65.5 Å². The van der Waals surface area contributed by atoms with Crippen LogP contribution in [-0.2, 0) is 9.59 Å². The lowest BCUT2D eigenvalue weighted by atomic mass is 10.3. The number of carbonyl (C=O) groups is 2. The molecule has 4 rings (SSSR count). The number of aromatic nitrogens is 1. The molecule has 0 aliphatic carbocycles. The van der Waals surface area contributed by atoms with Gasteiger partial charge in [0.25, 0.3) is 0 Å². The van der Waals surface area contributed by atoms with E-state index in [1.807, 2.05) is 18.2 Å². The van der Waals surface area contributed by atoms with Crippen LogP contribution in [0.4, 0.5) is 10.8 Å². The summed E-state index contributed by atoms with van der Waals surface area (Å²) in [5.41, 5.74) is 1.72. The average Bonchev–Trinajstić information content (AvgIpc) is 3.28. The van der Waals surface area contributed by atoms with Gasteiger partial charge in [-0.15, -0.1) is 11.8 Å². The number of carbonyl (C=O) groups excluding carboxylic acids is 2. The van der Waals surface area contributed by atoms with E-state index >= 15 is 0 Å². The van der Waals surface area contributed by atoms with Crippen molar-refractivity contribution in [1.29, 1.82) is 0 Å². The van der Waals surface area contributed by atoms with Crippen molar-refractivity contribution in [2.75, 3.05) is 41.5 Å². The summed E-state index contributed by atoms with van der Waals surface area (Å²) < 4.78 is 1.07. The summed E-state index contributed by atoms with van der Waals surface area (Å²) >= 11 is 3.21. The Morgan fingerprint density at radius 3 is 2.88 bits per heavy atom. The van der Waals surface area contributed by atoms with Crippen LogP contribution in [0.5, 0.6) is 0 Å². The molecule has 1 aromatic heterocycles. The summed E-state index contributed by atoms with van der Waals surface area (Å²) in [6.45, 7) is 2.27. The molecule has 6 nitrogen and oxygen atoms in total. The summed E-state index contributed by atoms with van der Waals surface area (Å²) in [6, 6.07) is 5.77. The number of thioether (sulfide) groups is 1. The van der Waals surface area contributed by atoms with Crippen LogP contribution in [0.2, 0.25) is 0 Å². The van der Waals surface area contributed by atoms with Gasteiger partial charge in [-0.1, -0.05) is 11.3 Å². The number of nitrogens with one attached hydrogen (secondary N) is 1. The summed E-state index contributed by atoms with van der Waals surface area (Å²) in [7, 11) is 0. The Labute approximate surface area is 148 Å². The molecule has 0 unspecified atom stereocenters. The maximum atomic E-state index is 12.1. The van der Waals surface area contributed by atoms with Crippen LogP contribution in [0.25, 0.3) is 10.2 Å². The van der Waals surface area contributed by atoms with Gasteiger partial charge in [0.05, 0.1) is 21.8 Å². The van der Waals surface area contributed by atoms with Crippen LogP contribution >= 0.6 is 23.1 Å². The second-order valence-corrected chi connectivity index (χ2v) is 7.95. The third-order valence-corrected chi connectivity index (χ3v) is 6.22. The van der Waals surface area contributed by atoms with Crippen LogP contribution in [0, 0.1) is 0 Å². The van der Waals surface area contributed by atoms with E-state index in [1.54, 1.807) is 28.0 Å². The highest BCUT2D eigenvalue weighted by molar-refractivity contribution is 8.00. The third kappa shape index (κ3) is 3.21. The molecule has 0 spiro atoms. The summed E-state index contributed by atoms with van der Waals surface area (Å²) in [5, 5.41) is 3.94. The highest BCUT2D eigenvalue weighted by Crippen LogP contribution is 2.32. The van der Waals surface area contributed by atoms with Gasteiger partial charge in [0.15, 0.2) is 5.13 Å². The minimum atomic E-state index is -0.158. The first-order chi connectivity index (χ1) is 11.7. The zero-order valence-corrected chi connectivity index (χ0v) is 14.8. The summed E-state index contributed by atoms with van der Waals surface area (Å²) in [6.07, 6.45) is 2.45. The minimum Gasteiger partial charge on any atom is -0.348 e. The van der Waals surface area contributed by atoms with Crippen LogP contribution in [0.15, 0.2) is 18.2 Å². The van der Waals surface area contributed by atoms with Gasteiger partial charge in [-0.2, -0.15) is 0 Å². The Hall–Kier alpha value is -1.80. The number of benzene rings is 1. The molecule has 2 aliphatic heterocycles. The molecule has 2 fully saturated rings. The Bertz CT molecular complexity index is 785. The van der Waals surface area contributed by atoms with E-state index in [2.05, 4.69) is 15.2 Å². The lowest BCUT2D eigenvalue weighted by molar-refractivity contribution is -0.130. The van der Waals surface area contributed by atoms with Crippen molar-refractivity contribution < 1.29 is 9.59 Å². The van der Waals surface area contributed by atoms with Gasteiger partial charge in [0.2, 0.25) is 11.8 Å². The quantitative estimate of drug-likeness (QED) is 0.905. The molecule has 2 saturated heterocycles. The van der Waals surface area contributed by atoms with Crippen LogP contribution < -0.4 is 10.2 Å². The molecule has 3 heterocycles. The van der Waals surface area contributed by atoms with Gasteiger partial charge < -0.3 is 15.1 Å². The molecule has 24 heavy (non-hydrogen) atoms. The molecule has 0 radical (unpaired) electrons. The van der Waals surface area contributed by atoms with Crippen molar-refractivity contribution in [2.45, 2.75) is 12.8 Å². The second kappa shape index (κ2) is 6.60. The SMILES string of the molecule is O=C(CN1CSCC1=O)Nc1ccc2nc(N3CCCC3)sc2c1. The molecular formula is C16H18N4O2S2. The van der Waals surface area contributed by atoms with Gasteiger partial charge in [-0.25, -0.2) is 4.98 Å². The number of hydrogen-bond acceptors (Lipinski definition) is 6. The molecule has 1 N–H and O–H groups in total. The first-order valence-electron chi connectivity index (χ1n) is 8.00. The lowest BCUT2D eigenvalue weighted by Crippen LogP contribution is -2.34. The number of anilines is 2. The molecule has 2 aromatic rings. The Balaban J connectivity index is 1.46. The fraction of sp³-hybridized carbons (Fsp3) is 0.438. The van der Waals surface area contributed by atoms with Gasteiger partial charge in [-0.3, -0.25) is 9.59 Å². The number of nitrogens with zero attached hydrogens (tertiary/aromatic N) is 3. The van der Waals surface area contributed by atoms with Crippen LogP contribution in [0.3, 0.4) is 0 Å². The van der Waals surface area contributed by atoms with E-state index in [0.717, 1.165) is 34.1 Å². The van der Waals surface area contributed by atoms with E-state index in [0.29, 0.717) is 11.6 Å². The van der Waals surface area contributed by atoms with E-state index in [9.17, 15) is 9.59 Å². The predicted molar refractivity (Wildman–Crippen MR) is 98.7 cm³/mol. The van der Waals surface area contributed by atoms with Crippen LogP contribution in [0.1, 0.15) is 12.8 Å². The minimum absolute atomic E-state index is 0.0308. The number of amides is 2. The van der Waals surface area contributed by atoms with Crippen molar-refractivity contribution in [3.8, 4) is 0 Å². The second-order valence-electron chi connectivity index (χ2n) is 5.99.